The number of likely N-dealkylation sites (tertiary alicyclic amines) is 1. The zero-order valence-electron chi connectivity index (χ0n) is 14.5. The van der Waals surface area contributed by atoms with E-state index in [1.807, 2.05) is 0 Å². The Labute approximate surface area is 141 Å². The predicted molar refractivity (Wildman–Crippen MR) is 87.4 cm³/mol. The number of carbonyl (C=O) groups excluding carboxylic acids is 1. The van der Waals surface area contributed by atoms with Crippen molar-refractivity contribution in [3.05, 3.63) is 35.1 Å². The van der Waals surface area contributed by atoms with Crippen LogP contribution >= 0.6 is 0 Å². The highest BCUT2D eigenvalue weighted by atomic mass is 19.1. The molecule has 1 aliphatic rings. The largest absolute Gasteiger partial charge is 0.481 e. The summed E-state index contributed by atoms with van der Waals surface area (Å²) in [5, 5.41) is 9.52. The molecule has 132 valence electrons. The van der Waals surface area contributed by atoms with E-state index in [1.54, 1.807) is 33.8 Å². The molecule has 0 aliphatic carbocycles. The number of rotatable bonds is 2. The molecule has 0 radical (unpaired) electrons. The SMILES string of the molecule is Cc1cc(F)ccc1[C@H]1CN(C(=O)OC(C)(C)C)CC[C@H]1C(=O)O. The lowest BCUT2D eigenvalue weighted by Gasteiger charge is -2.38. The summed E-state index contributed by atoms with van der Waals surface area (Å²) in [5.74, 6) is -2.24. The van der Waals surface area contributed by atoms with Crippen LogP contribution in [0.2, 0.25) is 0 Å². The van der Waals surface area contributed by atoms with Gasteiger partial charge in [0.25, 0.3) is 0 Å². The highest BCUT2D eigenvalue weighted by Gasteiger charge is 2.38. The molecule has 1 heterocycles. The van der Waals surface area contributed by atoms with Crippen molar-refractivity contribution < 1.29 is 23.8 Å². The Morgan fingerprint density at radius 2 is 2.00 bits per heavy atom. The number of carbonyl (C=O) groups is 2. The fourth-order valence-corrected chi connectivity index (χ4v) is 3.11. The van der Waals surface area contributed by atoms with E-state index in [4.69, 9.17) is 4.74 Å². The lowest BCUT2D eigenvalue weighted by molar-refractivity contribution is -0.144. The van der Waals surface area contributed by atoms with Gasteiger partial charge in [0.05, 0.1) is 5.92 Å². The maximum atomic E-state index is 13.4. The molecule has 0 aromatic heterocycles. The van der Waals surface area contributed by atoms with Crippen LogP contribution in [0.1, 0.15) is 44.2 Å². The van der Waals surface area contributed by atoms with Crippen molar-refractivity contribution in [1.82, 2.24) is 4.90 Å². The van der Waals surface area contributed by atoms with Gasteiger partial charge in [-0.25, -0.2) is 9.18 Å². The Morgan fingerprint density at radius 1 is 1.33 bits per heavy atom. The summed E-state index contributed by atoms with van der Waals surface area (Å²) in [5.41, 5.74) is 0.844. The fourth-order valence-electron chi connectivity index (χ4n) is 3.11. The zero-order valence-corrected chi connectivity index (χ0v) is 14.5. The fraction of sp³-hybridized carbons (Fsp3) is 0.556. The highest BCUT2D eigenvalue weighted by molar-refractivity contribution is 5.73. The Hall–Kier alpha value is -2.11. The number of carboxylic acids is 1. The molecule has 1 saturated heterocycles. The van der Waals surface area contributed by atoms with Crippen molar-refractivity contribution in [3.8, 4) is 0 Å². The molecule has 5 nitrogen and oxygen atoms in total. The maximum Gasteiger partial charge on any atom is 0.410 e. The topological polar surface area (TPSA) is 66.8 Å². The molecule has 1 aliphatic heterocycles. The number of amides is 1. The molecule has 1 aromatic carbocycles. The third-order valence-electron chi connectivity index (χ3n) is 4.21. The second-order valence-corrected chi connectivity index (χ2v) is 7.27. The van der Waals surface area contributed by atoms with Gasteiger partial charge in [-0.2, -0.15) is 0 Å². The summed E-state index contributed by atoms with van der Waals surface area (Å²) in [6, 6.07) is 4.33. The number of aryl methyl sites for hydroxylation is 1. The third-order valence-corrected chi connectivity index (χ3v) is 4.21. The van der Waals surface area contributed by atoms with E-state index in [9.17, 15) is 19.1 Å². The molecule has 1 amide bonds. The van der Waals surface area contributed by atoms with Gasteiger partial charge < -0.3 is 14.7 Å². The van der Waals surface area contributed by atoms with Crippen LogP contribution in [0.4, 0.5) is 9.18 Å². The van der Waals surface area contributed by atoms with Crippen LogP contribution in [-0.4, -0.2) is 40.8 Å². The average Bonchev–Trinajstić information content (AvgIpc) is 2.44. The Balaban J connectivity index is 2.27. The molecule has 1 aromatic rings. The molecule has 1 fully saturated rings. The van der Waals surface area contributed by atoms with Crippen molar-refractivity contribution in [2.45, 2.75) is 45.6 Å². The average molecular weight is 337 g/mol. The van der Waals surface area contributed by atoms with Crippen LogP contribution in [0.5, 0.6) is 0 Å². The Kier molecular flexibility index (Phi) is 5.16. The molecular formula is C18H24FNO4. The molecule has 0 saturated carbocycles. The number of halogens is 1. The van der Waals surface area contributed by atoms with Crippen molar-refractivity contribution in [2.24, 2.45) is 5.92 Å². The molecule has 6 heteroatoms. The first kappa shape index (κ1) is 18.2. The van der Waals surface area contributed by atoms with E-state index in [1.165, 1.54) is 17.0 Å². The van der Waals surface area contributed by atoms with Gasteiger partial charge in [0, 0.05) is 19.0 Å². The van der Waals surface area contributed by atoms with Gasteiger partial charge >= 0.3 is 12.1 Å². The minimum Gasteiger partial charge on any atom is -0.481 e. The first-order valence-electron chi connectivity index (χ1n) is 8.05. The van der Waals surface area contributed by atoms with E-state index in [0.717, 1.165) is 5.56 Å². The van der Waals surface area contributed by atoms with Gasteiger partial charge in [-0.1, -0.05) is 6.07 Å². The van der Waals surface area contributed by atoms with Crippen LogP contribution in [0.25, 0.3) is 0 Å². The maximum absolute atomic E-state index is 13.4. The second-order valence-electron chi connectivity index (χ2n) is 7.27. The normalized spacial score (nSPS) is 21.5. The third kappa shape index (κ3) is 4.24. The van der Waals surface area contributed by atoms with Crippen molar-refractivity contribution in [2.75, 3.05) is 13.1 Å². The second kappa shape index (κ2) is 6.79. The van der Waals surface area contributed by atoms with E-state index in [-0.39, 0.29) is 18.3 Å². The van der Waals surface area contributed by atoms with Crippen LogP contribution < -0.4 is 0 Å². The van der Waals surface area contributed by atoms with E-state index in [0.29, 0.717) is 18.5 Å². The van der Waals surface area contributed by atoms with Crippen LogP contribution in [0, 0.1) is 18.7 Å². The number of nitrogens with zero attached hydrogens (tertiary/aromatic N) is 1. The quantitative estimate of drug-likeness (QED) is 0.896. The van der Waals surface area contributed by atoms with Crippen molar-refractivity contribution in [1.29, 1.82) is 0 Å². The van der Waals surface area contributed by atoms with Gasteiger partial charge in [-0.3, -0.25) is 4.79 Å². The standard InChI is InChI=1S/C18H24FNO4/c1-11-9-12(19)5-6-13(11)15-10-20(8-7-14(15)16(21)22)17(23)24-18(2,3)4/h5-6,9,14-15H,7-8,10H2,1-4H3,(H,21,22)/t14-,15-/m1/s1. The monoisotopic (exact) mass is 337 g/mol. The Bertz CT molecular complexity index is 638. The minimum absolute atomic E-state index is 0.248. The zero-order chi connectivity index (χ0) is 18.1. The number of hydrogen-bond donors (Lipinski definition) is 1. The predicted octanol–water partition coefficient (Wildman–Crippen LogP) is 3.56. The Morgan fingerprint density at radius 3 is 2.54 bits per heavy atom. The van der Waals surface area contributed by atoms with E-state index >= 15 is 0 Å². The first-order chi connectivity index (χ1) is 11.1. The lowest BCUT2D eigenvalue weighted by Crippen LogP contribution is -2.46. The number of hydrogen-bond acceptors (Lipinski definition) is 3. The van der Waals surface area contributed by atoms with E-state index in [2.05, 4.69) is 0 Å². The molecule has 24 heavy (non-hydrogen) atoms. The highest BCUT2D eigenvalue weighted by Crippen LogP contribution is 2.35. The van der Waals surface area contributed by atoms with Crippen molar-refractivity contribution in [3.63, 3.8) is 0 Å². The first-order valence-corrected chi connectivity index (χ1v) is 8.05. The molecule has 0 spiro atoms. The lowest BCUT2D eigenvalue weighted by atomic mass is 9.79. The molecule has 1 N–H and O–H groups in total. The summed E-state index contributed by atoms with van der Waals surface area (Å²) < 4.78 is 18.7. The molecular weight excluding hydrogens is 313 g/mol. The molecule has 0 bridgehead atoms. The summed E-state index contributed by atoms with van der Waals surface area (Å²) in [6.07, 6.45) is -0.105. The van der Waals surface area contributed by atoms with Gasteiger partial charge in [-0.15, -0.1) is 0 Å². The summed E-state index contributed by atoms with van der Waals surface area (Å²) in [7, 11) is 0. The molecule has 0 unspecified atom stereocenters. The van der Waals surface area contributed by atoms with Gasteiger partial charge in [0.15, 0.2) is 0 Å². The number of benzene rings is 1. The van der Waals surface area contributed by atoms with Gasteiger partial charge in [0.1, 0.15) is 11.4 Å². The molecule has 2 rings (SSSR count). The van der Waals surface area contributed by atoms with Crippen LogP contribution in [-0.2, 0) is 9.53 Å². The summed E-state index contributed by atoms with van der Waals surface area (Å²) in [4.78, 5) is 25.5. The smallest absolute Gasteiger partial charge is 0.410 e. The van der Waals surface area contributed by atoms with Gasteiger partial charge in [-0.05, 0) is 57.4 Å². The summed E-state index contributed by atoms with van der Waals surface area (Å²) in [6.45, 7) is 7.70. The van der Waals surface area contributed by atoms with Crippen molar-refractivity contribution >= 4 is 12.1 Å². The number of ether oxygens (including phenoxy) is 1. The van der Waals surface area contributed by atoms with Crippen LogP contribution in [0.15, 0.2) is 18.2 Å². The minimum atomic E-state index is -0.896. The van der Waals surface area contributed by atoms with Crippen LogP contribution in [0.3, 0.4) is 0 Å². The van der Waals surface area contributed by atoms with Gasteiger partial charge in [0.2, 0.25) is 0 Å². The van der Waals surface area contributed by atoms with E-state index < -0.39 is 23.6 Å². The number of carboxylic acid groups (broad SMARTS) is 1. The molecule has 2 atom stereocenters. The number of piperidine rings is 1. The summed E-state index contributed by atoms with van der Waals surface area (Å²) >= 11 is 0. The number of aliphatic carboxylic acids is 1.